The van der Waals surface area contributed by atoms with Gasteiger partial charge in [0.1, 0.15) is 11.2 Å². The molecule has 2 fully saturated rings. The number of nitrogens with two attached hydrogens (primary N) is 1. The van der Waals surface area contributed by atoms with Crippen LogP contribution < -0.4 is 11.1 Å². The van der Waals surface area contributed by atoms with E-state index in [0.717, 1.165) is 19.3 Å². The fraction of sp³-hybridized carbons (Fsp3) is 0.722. The highest BCUT2D eigenvalue weighted by molar-refractivity contribution is 6.29. The predicted octanol–water partition coefficient (Wildman–Crippen LogP) is 3.46. The zero-order valence-electron chi connectivity index (χ0n) is 15.7. The first-order valence-corrected chi connectivity index (χ1v) is 9.91. The van der Waals surface area contributed by atoms with Crippen molar-refractivity contribution in [2.45, 2.75) is 62.7 Å². The van der Waals surface area contributed by atoms with Crippen molar-refractivity contribution in [1.82, 2.24) is 14.9 Å². The van der Waals surface area contributed by atoms with Gasteiger partial charge in [-0.2, -0.15) is 13.2 Å². The number of anilines is 1. The Hall–Kier alpha value is -1.61. The number of halogens is 4. The zero-order valence-corrected chi connectivity index (χ0v) is 16.5. The van der Waals surface area contributed by atoms with Gasteiger partial charge in [-0.05, 0) is 31.7 Å². The summed E-state index contributed by atoms with van der Waals surface area (Å²) in [6.07, 6.45) is -0.894. The first-order valence-electron chi connectivity index (χ1n) is 9.53. The van der Waals surface area contributed by atoms with E-state index in [9.17, 15) is 18.0 Å². The minimum atomic E-state index is -4.41. The van der Waals surface area contributed by atoms with Crippen molar-refractivity contribution >= 4 is 23.5 Å². The summed E-state index contributed by atoms with van der Waals surface area (Å²) >= 11 is 6.15. The van der Waals surface area contributed by atoms with Crippen molar-refractivity contribution in [3.63, 3.8) is 0 Å². The van der Waals surface area contributed by atoms with Gasteiger partial charge in [-0.15, -0.1) is 0 Å². The van der Waals surface area contributed by atoms with E-state index in [-0.39, 0.29) is 30.5 Å². The van der Waals surface area contributed by atoms with E-state index in [1.165, 1.54) is 4.90 Å². The summed E-state index contributed by atoms with van der Waals surface area (Å²) < 4.78 is 41.9. The Labute approximate surface area is 167 Å². The third-order valence-electron chi connectivity index (χ3n) is 5.99. The van der Waals surface area contributed by atoms with E-state index in [1.54, 1.807) is 13.1 Å². The number of alkyl halides is 3. The lowest BCUT2D eigenvalue weighted by atomic mass is 9.74. The van der Waals surface area contributed by atoms with Crippen molar-refractivity contribution in [3.05, 3.63) is 16.9 Å². The van der Waals surface area contributed by atoms with Crippen LogP contribution in [0.3, 0.4) is 0 Å². The van der Waals surface area contributed by atoms with Crippen molar-refractivity contribution in [2.24, 2.45) is 11.7 Å². The number of amides is 1. The summed E-state index contributed by atoms with van der Waals surface area (Å²) in [4.78, 5) is 21.8. The molecule has 1 saturated heterocycles. The molecule has 0 aromatic carbocycles. The van der Waals surface area contributed by atoms with Gasteiger partial charge in [0.05, 0.1) is 17.2 Å². The van der Waals surface area contributed by atoms with Gasteiger partial charge in [0, 0.05) is 13.6 Å². The van der Waals surface area contributed by atoms with Crippen LogP contribution in [-0.2, 0) is 10.3 Å². The number of carbonyl (C=O) groups excluding carboxylic acids is 1. The number of nitrogens with zero attached hydrogens (tertiary/aromatic N) is 3. The predicted molar refractivity (Wildman–Crippen MR) is 99.8 cm³/mol. The van der Waals surface area contributed by atoms with Gasteiger partial charge in [-0.1, -0.05) is 30.9 Å². The Kier molecular flexibility index (Phi) is 6.05. The lowest BCUT2D eigenvalue weighted by molar-refractivity contribution is -0.217. The Morgan fingerprint density at radius 3 is 2.54 bits per heavy atom. The number of likely N-dealkylation sites (tertiary alicyclic amines) is 1. The standard InChI is InChI=1S/C18H25ClF3N5O/c1-24-16-25-12(9-14(19)26-16)17(7-3-2-4-8-17)27-10-11(15(23)28)5-6-13(27)18(20,21)22/h9,11,13H,2-8,10H2,1H3,(H2,23,28)(H,24,25,26). The Morgan fingerprint density at radius 2 is 1.96 bits per heavy atom. The number of hydrogen-bond acceptors (Lipinski definition) is 5. The number of aromatic nitrogens is 2. The third kappa shape index (κ3) is 4.05. The maximum atomic E-state index is 14.0. The zero-order chi connectivity index (χ0) is 20.5. The van der Waals surface area contributed by atoms with E-state index < -0.39 is 29.6 Å². The summed E-state index contributed by atoms with van der Waals surface area (Å²) in [5.41, 5.74) is 4.98. The molecular formula is C18H25ClF3N5O. The monoisotopic (exact) mass is 419 g/mol. The molecule has 0 bridgehead atoms. The number of carbonyl (C=O) groups is 1. The number of nitrogens with one attached hydrogen (secondary N) is 1. The van der Waals surface area contributed by atoms with Crippen LogP contribution >= 0.6 is 11.6 Å². The number of rotatable bonds is 4. The van der Waals surface area contributed by atoms with Crippen LogP contribution in [0.4, 0.5) is 19.1 Å². The highest BCUT2D eigenvalue weighted by atomic mass is 35.5. The van der Waals surface area contributed by atoms with E-state index in [2.05, 4.69) is 15.3 Å². The molecule has 2 aliphatic rings. The van der Waals surface area contributed by atoms with E-state index in [1.807, 2.05) is 0 Å². The Balaban J connectivity index is 2.12. The summed E-state index contributed by atoms with van der Waals surface area (Å²) in [5, 5.41) is 2.99. The fourth-order valence-corrected chi connectivity index (χ4v) is 4.79. The first-order chi connectivity index (χ1) is 13.2. The van der Waals surface area contributed by atoms with Crippen LogP contribution in [-0.4, -0.2) is 46.6 Å². The quantitative estimate of drug-likeness (QED) is 0.730. The molecule has 1 aliphatic heterocycles. The van der Waals surface area contributed by atoms with Gasteiger partial charge in [0.15, 0.2) is 0 Å². The SMILES string of the molecule is CNc1nc(Cl)cc(C2(N3CC(C(N)=O)CCC3C(F)(F)F)CCCCC2)n1. The molecule has 3 rings (SSSR count). The van der Waals surface area contributed by atoms with Gasteiger partial charge < -0.3 is 11.1 Å². The van der Waals surface area contributed by atoms with E-state index in [4.69, 9.17) is 17.3 Å². The molecule has 3 N–H and O–H groups in total. The summed E-state index contributed by atoms with van der Waals surface area (Å²) in [6.45, 7) is -0.0317. The molecule has 1 amide bonds. The average molecular weight is 420 g/mol. The smallest absolute Gasteiger partial charge is 0.369 e. The van der Waals surface area contributed by atoms with Gasteiger partial charge in [-0.3, -0.25) is 9.69 Å². The van der Waals surface area contributed by atoms with Gasteiger partial charge in [-0.25, -0.2) is 9.97 Å². The topological polar surface area (TPSA) is 84.1 Å². The van der Waals surface area contributed by atoms with Crippen LogP contribution in [0.25, 0.3) is 0 Å². The lowest BCUT2D eigenvalue weighted by Gasteiger charge is -2.52. The molecule has 0 spiro atoms. The van der Waals surface area contributed by atoms with Crippen molar-refractivity contribution in [3.8, 4) is 0 Å². The molecule has 2 heterocycles. The van der Waals surface area contributed by atoms with E-state index in [0.29, 0.717) is 18.5 Å². The number of primary amides is 1. The largest absolute Gasteiger partial charge is 0.404 e. The molecule has 1 aliphatic carbocycles. The van der Waals surface area contributed by atoms with Crippen LogP contribution in [0.5, 0.6) is 0 Å². The average Bonchev–Trinajstić information content (AvgIpc) is 2.66. The Morgan fingerprint density at radius 1 is 1.29 bits per heavy atom. The molecule has 2 unspecified atom stereocenters. The number of hydrogen-bond donors (Lipinski definition) is 2. The molecule has 0 radical (unpaired) electrons. The second-order valence-electron chi connectivity index (χ2n) is 7.63. The van der Waals surface area contributed by atoms with Crippen molar-refractivity contribution in [1.29, 1.82) is 0 Å². The molecule has 1 aromatic heterocycles. The second-order valence-corrected chi connectivity index (χ2v) is 8.02. The number of piperidine rings is 1. The maximum Gasteiger partial charge on any atom is 0.404 e. The van der Waals surface area contributed by atoms with Gasteiger partial charge in [0.25, 0.3) is 0 Å². The minimum Gasteiger partial charge on any atom is -0.369 e. The van der Waals surface area contributed by atoms with Gasteiger partial charge in [0.2, 0.25) is 11.9 Å². The highest BCUT2D eigenvalue weighted by Gasteiger charge is 2.55. The minimum absolute atomic E-state index is 0.0317. The van der Waals surface area contributed by atoms with Gasteiger partial charge >= 0.3 is 6.18 Å². The molecule has 10 heteroatoms. The molecular weight excluding hydrogens is 395 g/mol. The van der Waals surface area contributed by atoms with Crippen molar-refractivity contribution < 1.29 is 18.0 Å². The molecule has 156 valence electrons. The second kappa shape index (κ2) is 8.02. The molecule has 28 heavy (non-hydrogen) atoms. The summed E-state index contributed by atoms with van der Waals surface area (Å²) in [5.74, 6) is -0.911. The molecule has 1 aromatic rings. The fourth-order valence-electron chi connectivity index (χ4n) is 4.61. The van der Waals surface area contributed by atoms with Crippen LogP contribution in [0.1, 0.15) is 50.6 Å². The van der Waals surface area contributed by atoms with Crippen LogP contribution in [0.2, 0.25) is 5.15 Å². The first kappa shape index (κ1) is 21.1. The lowest BCUT2D eigenvalue weighted by Crippen LogP contribution is -2.62. The van der Waals surface area contributed by atoms with Crippen molar-refractivity contribution in [2.75, 3.05) is 18.9 Å². The van der Waals surface area contributed by atoms with Crippen LogP contribution in [0.15, 0.2) is 6.07 Å². The highest BCUT2D eigenvalue weighted by Crippen LogP contribution is 2.48. The summed E-state index contributed by atoms with van der Waals surface area (Å²) in [6, 6.07) is -0.0948. The molecule has 2 atom stereocenters. The maximum absolute atomic E-state index is 14.0. The molecule has 1 saturated carbocycles. The third-order valence-corrected chi connectivity index (χ3v) is 6.18. The normalized spacial score (nSPS) is 26.0. The van der Waals surface area contributed by atoms with E-state index >= 15 is 0 Å². The summed E-state index contributed by atoms with van der Waals surface area (Å²) in [7, 11) is 1.63. The van der Waals surface area contributed by atoms with Crippen LogP contribution in [0, 0.1) is 5.92 Å². The molecule has 6 nitrogen and oxygen atoms in total. The Bertz CT molecular complexity index is 724.